The molecule has 0 aliphatic heterocycles. The van der Waals surface area contributed by atoms with E-state index in [1.807, 2.05) is 30.3 Å². The van der Waals surface area contributed by atoms with Gasteiger partial charge in [-0.2, -0.15) is 0 Å². The van der Waals surface area contributed by atoms with Gasteiger partial charge in [-0.15, -0.1) is 10.2 Å². The van der Waals surface area contributed by atoms with E-state index in [9.17, 15) is 9.59 Å². The van der Waals surface area contributed by atoms with Gasteiger partial charge in [-0.25, -0.2) is 4.79 Å². The summed E-state index contributed by atoms with van der Waals surface area (Å²) in [5, 5.41) is 17.0. The molecular weight excluding hydrogens is 350 g/mol. The first kappa shape index (κ1) is 18.4. The zero-order valence-corrected chi connectivity index (χ0v) is 15.0. The Morgan fingerprint density at radius 1 is 1.15 bits per heavy atom. The SMILES string of the molecule is Cc1oc(CN(C)C(=O)CCc2nnc(-c3ccccc3)o2)cc1C(=O)O. The predicted molar refractivity (Wildman–Crippen MR) is 94.9 cm³/mol. The molecule has 140 valence electrons. The number of furan rings is 1. The van der Waals surface area contributed by atoms with Crippen LogP contribution in [0.4, 0.5) is 0 Å². The molecule has 0 saturated carbocycles. The number of hydrogen-bond acceptors (Lipinski definition) is 6. The summed E-state index contributed by atoms with van der Waals surface area (Å²) >= 11 is 0. The van der Waals surface area contributed by atoms with Crippen molar-refractivity contribution in [2.45, 2.75) is 26.3 Å². The third-order valence-corrected chi connectivity index (χ3v) is 4.06. The molecule has 0 aliphatic carbocycles. The fourth-order valence-corrected chi connectivity index (χ4v) is 2.61. The van der Waals surface area contributed by atoms with E-state index in [-0.39, 0.29) is 24.4 Å². The summed E-state index contributed by atoms with van der Waals surface area (Å²) in [7, 11) is 1.63. The van der Waals surface area contributed by atoms with Crippen LogP contribution in [0, 0.1) is 6.92 Å². The van der Waals surface area contributed by atoms with Gasteiger partial charge in [-0.3, -0.25) is 4.79 Å². The van der Waals surface area contributed by atoms with Gasteiger partial charge < -0.3 is 18.8 Å². The van der Waals surface area contributed by atoms with Crippen molar-refractivity contribution in [3.8, 4) is 11.5 Å². The van der Waals surface area contributed by atoms with Crippen molar-refractivity contribution in [3.63, 3.8) is 0 Å². The molecule has 0 fully saturated rings. The van der Waals surface area contributed by atoms with E-state index >= 15 is 0 Å². The molecule has 2 heterocycles. The first-order valence-electron chi connectivity index (χ1n) is 8.38. The summed E-state index contributed by atoms with van der Waals surface area (Å²) in [5.74, 6) is 0.348. The van der Waals surface area contributed by atoms with E-state index in [0.29, 0.717) is 29.7 Å². The van der Waals surface area contributed by atoms with Crippen LogP contribution in [0.25, 0.3) is 11.5 Å². The fraction of sp³-hybridized carbons (Fsp3) is 0.263. The number of hydrogen-bond donors (Lipinski definition) is 1. The van der Waals surface area contributed by atoms with Crippen molar-refractivity contribution in [2.24, 2.45) is 0 Å². The fourth-order valence-electron chi connectivity index (χ4n) is 2.61. The third kappa shape index (κ3) is 4.41. The topological polar surface area (TPSA) is 110 Å². The van der Waals surface area contributed by atoms with Gasteiger partial charge in [0.15, 0.2) is 0 Å². The molecule has 0 unspecified atom stereocenters. The minimum absolute atomic E-state index is 0.102. The molecule has 3 rings (SSSR count). The summed E-state index contributed by atoms with van der Waals surface area (Å²) in [6.45, 7) is 1.76. The number of carbonyl (C=O) groups is 2. The van der Waals surface area contributed by atoms with E-state index in [1.54, 1.807) is 14.0 Å². The highest BCUT2D eigenvalue weighted by atomic mass is 16.4. The van der Waals surface area contributed by atoms with Crippen LogP contribution in [0.2, 0.25) is 0 Å². The maximum Gasteiger partial charge on any atom is 0.339 e. The summed E-state index contributed by atoms with van der Waals surface area (Å²) in [5.41, 5.74) is 0.923. The highest BCUT2D eigenvalue weighted by molar-refractivity contribution is 5.88. The lowest BCUT2D eigenvalue weighted by molar-refractivity contribution is -0.130. The first-order valence-corrected chi connectivity index (χ1v) is 8.38. The van der Waals surface area contributed by atoms with E-state index in [2.05, 4.69) is 10.2 Å². The Hall–Kier alpha value is -3.42. The smallest absolute Gasteiger partial charge is 0.339 e. The van der Waals surface area contributed by atoms with Crippen molar-refractivity contribution < 1.29 is 23.5 Å². The van der Waals surface area contributed by atoms with Gasteiger partial charge >= 0.3 is 5.97 Å². The predicted octanol–water partition coefficient (Wildman–Crippen LogP) is 2.93. The number of rotatable bonds is 7. The highest BCUT2D eigenvalue weighted by Gasteiger charge is 2.18. The Morgan fingerprint density at radius 2 is 1.89 bits per heavy atom. The van der Waals surface area contributed by atoms with E-state index in [1.165, 1.54) is 11.0 Å². The maximum absolute atomic E-state index is 12.3. The van der Waals surface area contributed by atoms with Crippen LogP contribution in [0.15, 0.2) is 45.2 Å². The van der Waals surface area contributed by atoms with Crippen molar-refractivity contribution >= 4 is 11.9 Å². The lowest BCUT2D eigenvalue weighted by Gasteiger charge is -2.15. The standard InChI is InChI=1S/C19H19N3O5/c1-12-15(19(24)25)10-14(26-12)11-22(2)17(23)9-8-16-20-21-18(27-16)13-6-4-3-5-7-13/h3-7,10H,8-9,11H2,1-2H3,(H,24,25). The highest BCUT2D eigenvalue weighted by Crippen LogP contribution is 2.18. The zero-order valence-electron chi connectivity index (χ0n) is 15.0. The second-order valence-electron chi connectivity index (χ2n) is 6.10. The Balaban J connectivity index is 1.55. The molecule has 0 radical (unpaired) electrons. The molecule has 0 bridgehead atoms. The van der Waals surface area contributed by atoms with E-state index in [0.717, 1.165) is 5.56 Å². The number of carboxylic acids is 1. The van der Waals surface area contributed by atoms with Gasteiger partial charge in [-0.05, 0) is 25.1 Å². The van der Waals surface area contributed by atoms with Crippen molar-refractivity contribution in [1.29, 1.82) is 0 Å². The monoisotopic (exact) mass is 369 g/mol. The van der Waals surface area contributed by atoms with E-state index in [4.69, 9.17) is 13.9 Å². The largest absolute Gasteiger partial charge is 0.478 e. The summed E-state index contributed by atoms with van der Waals surface area (Å²) < 4.78 is 11.0. The van der Waals surface area contributed by atoms with Crippen LogP contribution in [0.5, 0.6) is 0 Å². The van der Waals surface area contributed by atoms with Gasteiger partial charge in [0.2, 0.25) is 17.7 Å². The molecule has 2 aromatic heterocycles. The Bertz CT molecular complexity index is 945. The first-order chi connectivity index (χ1) is 12.9. The van der Waals surface area contributed by atoms with Crippen molar-refractivity contribution in [2.75, 3.05) is 7.05 Å². The number of carboxylic acid groups (broad SMARTS) is 1. The molecule has 0 aliphatic rings. The van der Waals surface area contributed by atoms with Crippen LogP contribution >= 0.6 is 0 Å². The molecule has 1 aromatic carbocycles. The van der Waals surface area contributed by atoms with Gasteiger partial charge in [0.25, 0.3) is 0 Å². The van der Waals surface area contributed by atoms with Gasteiger partial charge in [0.1, 0.15) is 17.1 Å². The van der Waals surface area contributed by atoms with E-state index < -0.39 is 5.97 Å². The van der Waals surface area contributed by atoms with Crippen LogP contribution in [0.1, 0.15) is 34.2 Å². The van der Waals surface area contributed by atoms with Crippen LogP contribution < -0.4 is 0 Å². The number of amides is 1. The molecule has 27 heavy (non-hydrogen) atoms. The molecule has 0 saturated heterocycles. The molecule has 8 heteroatoms. The molecule has 3 aromatic rings. The number of aromatic carboxylic acids is 1. The summed E-state index contributed by atoms with van der Waals surface area (Å²) in [4.78, 5) is 24.8. The normalized spacial score (nSPS) is 10.7. The number of benzene rings is 1. The second-order valence-corrected chi connectivity index (χ2v) is 6.10. The average molecular weight is 369 g/mol. The van der Waals surface area contributed by atoms with Crippen LogP contribution in [-0.4, -0.2) is 39.1 Å². The number of nitrogens with zero attached hydrogens (tertiary/aromatic N) is 3. The lowest BCUT2D eigenvalue weighted by atomic mass is 10.2. The second kappa shape index (κ2) is 7.86. The lowest BCUT2D eigenvalue weighted by Crippen LogP contribution is -2.26. The van der Waals surface area contributed by atoms with Crippen molar-refractivity contribution in [3.05, 3.63) is 59.4 Å². The average Bonchev–Trinajstić information content (AvgIpc) is 3.27. The quantitative estimate of drug-likeness (QED) is 0.682. The minimum Gasteiger partial charge on any atom is -0.478 e. The zero-order chi connectivity index (χ0) is 19.4. The summed E-state index contributed by atoms with van der Waals surface area (Å²) in [6, 6.07) is 10.8. The number of aryl methyl sites for hydroxylation is 2. The summed E-state index contributed by atoms with van der Waals surface area (Å²) in [6.07, 6.45) is 0.513. The minimum atomic E-state index is -1.05. The Labute approximate surface area is 155 Å². The van der Waals surface area contributed by atoms with Crippen molar-refractivity contribution in [1.82, 2.24) is 15.1 Å². The van der Waals surface area contributed by atoms with Crippen LogP contribution in [-0.2, 0) is 17.8 Å². The molecule has 1 N–H and O–H groups in total. The Morgan fingerprint density at radius 3 is 2.56 bits per heavy atom. The van der Waals surface area contributed by atoms with Gasteiger partial charge in [0, 0.05) is 25.5 Å². The molecule has 8 nitrogen and oxygen atoms in total. The molecule has 1 amide bonds. The molecular formula is C19H19N3O5. The molecule has 0 atom stereocenters. The van der Waals surface area contributed by atoms with Crippen LogP contribution in [0.3, 0.4) is 0 Å². The Kier molecular flexibility index (Phi) is 5.35. The molecule has 0 spiro atoms. The maximum atomic E-state index is 12.3. The number of aromatic nitrogens is 2. The van der Waals surface area contributed by atoms with Gasteiger partial charge in [-0.1, -0.05) is 18.2 Å². The van der Waals surface area contributed by atoms with Gasteiger partial charge in [0.05, 0.1) is 6.54 Å². The third-order valence-electron chi connectivity index (χ3n) is 4.06. The number of carbonyl (C=O) groups excluding carboxylic acids is 1.